The fourth-order valence-electron chi connectivity index (χ4n) is 3.00. The molecule has 6 nitrogen and oxygen atoms in total. The number of ether oxygens (including phenoxy) is 1. The molecule has 0 spiro atoms. The summed E-state index contributed by atoms with van der Waals surface area (Å²) in [7, 11) is 0. The highest BCUT2D eigenvalue weighted by Gasteiger charge is 2.14. The van der Waals surface area contributed by atoms with E-state index in [1.165, 1.54) is 25.9 Å². The van der Waals surface area contributed by atoms with Crippen LogP contribution in [-0.2, 0) is 11.3 Å². The van der Waals surface area contributed by atoms with E-state index in [9.17, 15) is 0 Å². The molecule has 2 N–H and O–H groups in total. The minimum atomic E-state index is 0. The molecule has 1 aromatic rings. The maximum Gasteiger partial charge on any atom is 0.191 e. The van der Waals surface area contributed by atoms with Crippen LogP contribution in [0.5, 0.6) is 0 Å². The molecule has 1 fully saturated rings. The van der Waals surface area contributed by atoms with Crippen molar-refractivity contribution in [1.29, 1.82) is 0 Å². The van der Waals surface area contributed by atoms with E-state index >= 15 is 0 Å². The third-order valence-electron chi connectivity index (χ3n) is 4.26. The summed E-state index contributed by atoms with van der Waals surface area (Å²) in [4.78, 5) is 7.28. The number of guanidine groups is 1. The van der Waals surface area contributed by atoms with Gasteiger partial charge in [-0.2, -0.15) is 0 Å². The summed E-state index contributed by atoms with van der Waals surface area (Å²) in [6, 6.07) is 3.81. The first kappa shape index (κ1) is 23.2. The summed E-state index contributed by atoms with van der Waals surface area (Å²) in [5, 5.41) is 6.70. The highest BCUT2D eigenvalue weighted by atomic mass is 127. The molecular formula is C19H35IN4O2. The van der Waals surface area contributed by atoms with Gasteiger partial charge in [0.1, 0.15) is 12.4 Å². The van der Waals surface area contributed by atoms with Crippen molar-refractivity contribution in [3.63, 3.8) is 0 Å². The molecule has 0 amide bonds. The Labute approximate surface area is 175 Å². The van der Waals surface area contributed by atoms with Crippen LogP contribution in [0, 0.1) is 5.92 Å². The lowest BCUT2D eigenvalue weighted by molar-refractivity contribution is 0.105. The predicted molar refractivity (Wildman–Crippen MR) is 117 cm³/mol. The smallest absolute Gasteiger partial charge is 0.191 e. The van der Waals surface area contributed by atoms with Crippen LogP contribution in [0.2, 0.25) is 0 Å². The van der Waals surface area contributed by atoms with E-state index in [1.54, 1.807) is 6.26 Å². The van der Waals surface area contributed by atoms with Crippen LogP contribution in [-0.4, -0.2) is 56.7 Å². The zero-order valence-electron chi connectivity index (χ0n) is 16.2. The van der Waals surface area contributed by atoms with Crippen molar-refractivity contribution in [2.75, 3.05) is 45.9 Å². The van der Waals surface area contributed by atoms with E-state index in [1.807, 2.05) is 12.1 Å². The zero-order chi connectivity index (χ0) is 17.7. The summed E-state index contributed by atoms with van der Waals surface area (Å²) in [6.07, 6.45) is 5.31. The molecule has 26 heavy (non-hydrogen) atoms. The second kappa shape index (κ2) is 14.3. The number of nitrogens with zero attached hydrogens (tertiary/aromatic N) is 2. The van der Waals surface area contributed by atoms with Crippen molar-refractivity contribution in [2.45, 2.75) is 39.7 Å². The van der Waals surface area contributed by atoms with Crippen molar-refractivity contribution in [1.82, 2.24) is 15.5 Å². The van der Waals surface area contributed by atoms with Crippen molar-refractivity contribution >= 4 is 29.9 Å². The van der Waals surface area contributed by atoms with Crippen molar-refractivity contribution < 1.29 is 9.15 Å². The fraction of sp³-hybridized carbons (Fsp3) is 0.737. The molecule has 7 heteroatoms. The SMILES string of the molecule is CCNC(=NCC(C)CN1CCCC1)NCCCOCc1ccco1.I. The maximum atomic E-state index is 5.59. The topological polar surface area (TPSA) is 62.0 Å². The number of aliphatic imine (C=N–C) groups is 1. The Morgan fingerprint density at radius 1 is 1.35 bits per heavy atom. The quantitative estimate of drug-likeness (QED) is 0.222. The van der Waals surface area contributed by atoms with Crippen LogP contribution in [0.1, 0.15) is 38.9 Å². The van der Waals surface area contributed by atoms with Crippen LogP contribution in [0.15, 0.2) is 27.8 Å². The van der Waals surface area contributed by atoms with E-state index < -0.39 is 0 Å². The van der Waals surface area contributed by atoms with Crippen LogP contribution in [0.25, 0.3) is 0 Å². The zero-order valence-corrected chi connectivity index (χ0v) is 18.5. The monoisotopic (exact) mass is 478 g/mol. The predicted octanol–water partition coefficient (Wildman–Crippen LogP) is 3.09. The number of hydrogen-bond donors (Lipinski definition) is 2. The molecular weight excluding hydrogens is 443 g/mol. The third-order valence-corrected chi connectivity index (χ3v) is 4.26. The summed E-state index contributed by atoms with van der Waals surface area (Å²) < 4.78 is 10.8. The summed E-state index contributed by atoms with van der Waals surface area (Å²) in [5.41, 5.74) is 0. The molecule has 1 aromatic heterocycles. The molecule has 0 aliphatic carbocycles. The molecule has 2 rings (SSSR count). The first-order valence-corrected chi connectivity index (χ1v) is 9.62. The van der Waals surface area contributed by atoms with E-state index in [4.69, 9.17) is 14.1 Å². The van der Waals surface area contributed by atoms with Gasteiger partial charge in [0, 0.05) is 32.8 Å². The highest BCUT2D eigenvalue weighted by Crippen LogP contribution is 2.10. The van der Waals surface area contributed by atoms with E-state index in [2.05, 4.69) is 29.4 Å². The molecule has 0 aromatic carbocycles. The Hall–Kier alpha value is -0.800. The summed E-state index contributed by atoms with van der Waals surface area (Å²) in [5.74, 6) is 2.36. The fourth-order valence-corrected chi connectivity index (χ4v) is 3.00. The minimum absolute atomic E-state index is 0. The Bertz CT molecular complexity index is 476. The van der Waals surface area contributed by atoms with E-state index in [0.29, 0.717) is 19.1 Å². The van der Waals surface area contributed by atoms with Gasteiger partial charge in [0.25, 0.3) is 0 Å². The minimum Gasteiger partial charge on any atom is -0.467 e. The number of rotatable bonds is 11. The van der Waals surface area contributed by atoms with Gasteiger partial charge >= 0.3 is 0 Å². The largest absolute Gasteiger partial charge is 0.467 e. The Morgan fingerprint density at radius 3 is 2.85 bits per heavy atom. The number of nitrogens with one attached hydrogen (secondary N) is 2. The van der Waals surface area contributed by atoms with Crippen LogP contribution >= 0.6 is 24.0 Å². The van der Waals surface area contributed by atoms with Crippen molar-refractivity contribution in [2.24, 2.45) is 10.9 Å². The molecule has 1 aliphatic heterocycles. The average molecular weight is 478 g/mol. The molecule has 1 atom stereocenters. The molecule has 2 heterocycles. The lowest BCUT2D eigenvalue weighted by atomic mass is 10.2. The Morgan fingerprint density at radius 2 is 2.15 bits per heavy atom. The van der Waals surface area contributed by atoms with Gasteiger partial charge in [-0.1, -0.05) is 6.92 Å². The third kappa shape index (κ3) is 9.78. The van der Waals surface area contributed by atoms with Gasteiger partial charge in [0.2, 0.25) is 0 Å². The second-order valence-corrected chi connectivity index (χ2v) is 6.74. The number of hydrogen-bond acceptors (Lipinski definition) is 4. The standard InChI is InChI=1S/C19H34N4O2.HI/c1-3-20-19(22-14-17(2)15-23-10-4-5-11-23)21-9-7-12-24-16-18-8-6-13-25-18;/h6,8,13,17H,3-5,7,9-12,14-16H2,1-2H3,(H2,20,21,22);1H. The summed E-state index contributed by atoms with van der Waals surface area (Å²) in [6.45, 7) is 11.9. The lowest BCUT2D eigenvalue weighted by Gasteiger charge is -2.19. The van der Waals surface area contributed by atoms with Gasteiger partial charge in [-0.25, -0.2) is 0 Å². The van der Waals surface area contributed by atoms with Gasteiger partial charge in [0.15, 0.2) is 5.96 Å². The van der Waals surface area contributed by atoms with Gasteiger partial charge < -0.3 is 24.7 Å². The molecule has 0 radical (unpaired) electrons. The number of likely N-dealkylation sites (tertiary alicyclic amines) is 1. The highest BCUT2D eigenvalue weighted by molar-refractivity contribution is 14.0. The molecule has 0 saturated carbocycles. The van der Waals surface area contributed by atoms with Crippen LogP contribution in [0.3, 0.4) is 0 Å². The maximum absolute atomic E-state index is 5.59. The normalized spacial score (nSPS) is 16.3. The lowest BCUT2D eigenvalue weighted by Crippen LogP contribution is -2.38. The molecule has 1 unspecified atom stereocenters. The Kier molecular flexibility index (Phi) is 12.8. The van der Waals surface area contributed by atoms with E-state index in [-0.39, 0.29) is 24.0 Å². The first-order chi connectivity index (χ1) is 12.3. The van der Waals surface area contributed by atoms with Crippen molar-refractivity contribution in [3.05, 3.63) is 24.2 Å². The molecule has 150 valence electrons. The van der Waals surface area contributed by atoms with E-state index in [0.717, 1.165) is 44.3 Å². The molecule has 1 saturated heterocycles. The first-order valence-electron chi connectivity index (χ1n) is 9.62. The number of halogens is 1. The number of furan rings is 1. The van der Waals surface area contributed by atoms with Gasteiger partial charge in [0.05, 0.1) is 6.26 Å². The average Bonchev–Trinajstić information content (AvgIpc) is 3.29. The second-order valence-electron chi connectivity index (χ2n) is 6.74. The van der Waals surface area contributed by atoms with Crippen LogP contribution in [0.4, 0.5) is 0 Å². The summed E-state index contributed by atoms with van der Waals surface area (Å²) >= 11 is 0. The molecule has 0 bridgehead atoms. The van der Waals surface area contributed by atoms with Gasteiger partial charge in [-0.3, -0.25) is 4.99 Å². The molecule has 1 aliphatic rings. The van der Waals surface area contributed by atoms with Crippen molar-refractivity contribution in [3.8, 4) is 0 Å². The Balaban J connectivity index is 0.00000338. The van der Waals surface area contributed by atoms with Gasteiger partial charge in [-0.05, 0) is 57.3 Å². The van der Waals surface area contributed by atoms with Gasteiger partial charge in [-0.15, -0.1) is 24.0 Å². The van der Waals surface area contributed by atoms with Crippen LogP contribution < -0.4 is 10.6 Å².